The lowest BCUT2D eigenvalue weighted by Gasteiger charge is -2.46. The van der Waals surface area contributed by atoms with Gasteiger partial charge in [0, 0.05) is 36.2 Å². The van der Waals surface area contributed by atoms with Crippen LogP contribution in [0.2, 0.25) is 0 Å². The molecule has 1 aromatic heterocycles. The van der Waals surface area contributed by atoms with Gasteiger partial charge >= 0.3 is 0 Å². The van der Waals surface area contributed by atoms with Gasteiger partial charge in [0.05, 0.1) is 6.54 Å². The first-order chi connectivity index (χ1) is 9.40. The van der Waals surface area contributed by atoms with E-state index in [2.05, 4.69) is 55.2 Å². The molecule has 1 aliphatic heterocycles. The average Bonchev–Trinajstić information content (AvgIpc) is 2.74. The highest BCUT2D eigenvalue weighted by Crippen LogP contribution is 2.28. The minimum atomic E-state index is 0.302. The predicted octanol–water partition coefficient (Wildman–Crippen LogP) is 3.44. The summed E-state index contributed by atoms with van der Waals surface area (Å²) < 4.78 is 0. The van der Waals surface area contributed by atoms with Gasteiger partial charge < -0.3 is 5.32 Å². The number of aromatic nitrogens is 1. The normalized spacial score (nSPS) is 25.1. The van der Waals surface area contributed by atoms with Crippen LogP contribution in [0.25, 0.3) is 0 Å². The highest BCUT2D eigenvalue weighted by atomic mass is 32.1. The van der Waals surface area contributed by atoms with Crippen LogP contribution in [0.4, 0.5) is 0 Å². The molecular weight excluding hydrogens is 266 g/mol. The van der Waals surface area contributed by atoms with E-state index < -0.39 is 0 Å². The first-order valence-electron chi connectivity index (χ1n) is 7.78. The van der Waals surface area contributed by atoms with Crippen molar-refractivity contribution in [1.82, 2.24) is 15.2 Å². The summed E-state index contributed by atoms with van der Waals surface area (Å²) in [5.41, 5.74) is 1.45. The summed E-state index contributed by atoms with van der Waals surface area (Å²) in [4.78, 5) is 7.30. The Morgan fingerprint density at radius 3 is 2.75 bits per heavy atom. The van der Waals surface area contributed by atoms with E-state index in [-0.39, 0.29) is 0 Å². The molecule has 1 aromatic rings. The molecule has 2 unspecified atom stereocenters. The highest BCUT2D eigenvalue weighted by molar-refractivity contribution is 7.09. The number of hydrogen-bond donors (Lipinski definition) is 1. The van der Waals surface area contributed by atoms with Gasteiger partial charge in [-0.15, -0.1) is 11.3 Å². The van der Waals surface area contributed by atoms with Crippen molar-refractivity contribution in [3.63, 3.8) is 0 Å². The van der Waals surface area contributed by atoms with Crippen molar-refractivity contribution in [3.05, 3.63) is 16.1 Å². The van der Waals surface area contributed by atoms with Crippen LogP contribution in [0.3, 0.4) is 0 Å². The topological polar surface area (TPSA) is 28.2 Å². The SMILES string of the molecule is CCCC1CN(Cc2nc(C)cs2)C(C(C)(C)C)CN1. The maximum Gasteiger partial charge on any atom is 0.107 e. The molecule has 20 heavy (non-hydrogen) atoms. The van der Waals surface area contributed by atoms with Crippen LogP contribution in [0.1, 0.15) is 51.2 Å². The second-order valence-electron chi connectivity index (χ2n) is 7.09. The van der Waals surface area contributed by atoms with Gasteiger partial charge in [0.1, 0.15) is 5.01 Å². The summed E-state index contributed by atoms with van der Waals surface area (Å²) in [6.07, 6.45) is 2.52. The Morgan fingerprint density at radius 1 is 1.45 bits per heavy atom. The summed E-state index contributed by atoms with van der Waals surface area (Å²) in [5.74, 6) is 0. The molecule has 1 aliphatic rings. The molecule has 0 spiro atoms. The zero-order chi connectivity index (χ0) is 14.8. The summed E-state index contributed by atoms with van der Waals surface area (Å²) in [6, 6.07) is 1.22. The molecule has 0 aromatic carbocycles. The third-order valence-electron chi connectivity index (χ3n) is 4.14. The third kappa shape index (κ3) is 4.03. The van der Waals surface area contributed by atoms with E-state index in [4.69, 9.17) is 0 Å². The molecule has 2 heterocycles. The van der Waals surface area contributed by atoms with Crippen molar-refractivity contribution in [2.75, 3.05) is 13.1 Å². The van der Waals surface area contributed by atoms with E-state index in [1.165, 1.54) is 17.8 Å². The minimum Gasteiger partial charge on any atom is -0.311 e. The molecular formula is C16H29N3S. The van der Waals surface area contributed by atoms with Crippen molar-refractivity contribution in [2.45, 2.75) is 66.1 Å². The predicted molar refractivity (Wildman–Crippen MR) is 87.2 cm³/mol. The Balaban J connectivity index is 2.09. The molecule has 0 saturated carbocycles. The fourth-order valence-electron chi connectivity index (χ4n) is 3.10. The van der Waals surface area contributed by atoms with Crippen LogP contribution in [0.5, 0.6) is 0 Å². The smallest absolute Gasteiger partial charge is 0.107 e. The lowest BCUT2D eigenvalue weighted by atomic mass is 9.83. The van der Waals surface area contributed by atoms with E-state index in [0.29, 0.717) is 17.5 Å². The maximum atomic E-state index is 4.65. The summed E-state index contributed by atoms with van der Waals surface area (Å²) in [7, 11) is 0. The van der Waals surface area contributed by atoms with Crippen LogP contribution >= 0.6 is 11.3 Å². The number of thiazole rings is 1. The number of hydrogen-bond acceptors (Lipinski definition) is 4. The van der Waals surface area contributed by atoms with Gasteiger partial charge in [-0.05, 0) is 18.8 Å². The standard InChI is InChI=1S/C16H29N3S/c1-6-7-13-9-19(10-15-18-12(2)11-20-15)14(8-17-13)16(3,4)5/h11,13-14,17H,6-10H2,1-5H3. The Morgan fingerprint density at radius 2 is 2.20 bits per heavy atom. The first kappa shape index (κ1) is 15.9. The number of rotatable bonds is 4. The van der Waals surface area contributed by atoms with E-state index in [9.17, 15) is 0 Å². The molecule has 2 atom stereocenters. The van der Waals surface area contributed by atoms with Crippen LogP contribution in [-0.4, -0.2) is 35.1 Å². The number of aryl methyl sites for hydroxylation is 1. The third-order valence-corrected chi connectivity index (χ3v) is 5.09. The average molecular weight is 295 g/mol. The first-order valence-corrected chi connectivity index (χ1v) is 8.66. The monoisotopic (exact) mass is 295 g/mol. The summed E-state index contributed by atoms with van der Waals surface area (Å²) in [6.45, 7) is 14.6. The van der Waals surface area contributed by atoms with Crippen LogP contribution < -0.4 is 5.32 Å². The van der Waals surface area contributed by atoms with E-state index >= 15 is 0 Å². The molecule has 4 heteroatoms. The molecule has 0 aliphatic carbocycles. The van der Waals surface area contributed by atoms with Gasteiger partial charge in [-0.3, -0.25) is 4.90 Å². The number of piperazine rings is 1. The van der Waals surface area contributed by atoms with E-state index in [1.54, 1.807) is 11.3 Å². The second kappa shape index (κ2) is 6.54. The molecule has 0 amide bonds. The Bertz CT molecular complexity index is 422. The van der Waals surface area contributed by atoms with Crippen molar-refractivity contribution in [1.29, 1.82) is 0 Å². The molecule has 1 fully saturated rings. The van der Waals surface area contributed by atoms with Gasteiger partial charge in [0.15, 0.2) is 0 Å². The van der Waals surface area contributed by atoms with Gasteiger partial charge in [0.2, 0.25) is 0 Å². The maximum absolute atomic E-state index is 4.65. The molecule has 114 valence electrons. The largest absolute Gasteiger partial charge is 0.311 e. The van der Waals surface area contributed by atoms with E-state index in [1.807, 2.05) is 0 Å². The molecule has 3 nitrogen and oxygen atoms in total. The van der Waals surface area contributed by atoms with Crippen molar-refractivity contribution >= 4 is 11.3 Å². The molecule has 1 N–H and O–H groups in total. The quantitative estimate of drug-likeness (QED) is 0.922. The molecule has 2 rings (SSSR count). The van der Waals surface area contributed by atoms with Gasteiger partial charge in [-0.1, -0.05) is 34.1 Å². The van der Waals surface area contributed by atoms with Gasteiger partial charge in [0.25, 0.3) is 0 Å². The summed E-state index contributed by atoms with van der Waals surface area (Å²) in [5, 5.41) is 7.16. The van der Waals surface area contributed by atoms with Crippen molar-refractivity contribution < 1.29 is 0 Å². The van der Waals surface area contributed by atoms with Gasteiger partial charge in [-0.25, -0.2) is 4.98 Å². The van der Waals surface area contributed by atoms with Crippen molar-refractivity contribution in [2.24, 2.45) is 5.41 Å². The van der Waals surface area contributed by atoms with Crippen LogP contribution in [0.15, 0.2) is 5.38 Å². The fraction of sp³-hybridized carbons (Fsp3) is 0.812. The zero-order valence-corrected chi connectivity index (χ0v) is 14.4. The Hall–Kier alpha value is -0.450. The lowest BCUT2D eigenvalue weighted by molar-refractivity contribution is 0.0474. The molecule has 1 saturated heterocycles. The number of nitrogens with one attached hydrogen (secondary N) is 1. The van der Waals surface area contributed by atoms with Crippen molar-refractivity contribution in [3.8, 4) is 0 Å². The van der Waals surface area contributed by atoms with Crippen LogP contribution in [-0.2, 0) is 6.54 Å². The van der Waals surface area contributed by atoms with E-state index in [0.717, 1.165) is 25.3 Å². The fourth-order valence-corrected chi connectivity index (χ4v) is 3.90. The zero-order valence-electron chi connectivity index (χ0n) is 13.6. The molecule has 0 radical (unpaired) electrons. The van der Waals surface area contributed by atoms with Gasteiger partial charge in [-0.2, -0.15) is 0 Å². The lowest BCUT2D eigenvalue weighted by Crippen LogP contribution is -2.60. The highest BCUT2D eigenvalue weighted by Gasteiger charge is 2.35. The molecule has 0 bridgehead atoms. The number of nitrogens with zero attached hydrogens (tertiary/aromatic N) is 2. The van der Waals surface area contributed by atoms with Crippen LogP contribution in [0, 0.1) is 12.3 Å². The Labute approximate surface area is 127 Å². The minimum absolute atomic E-state index is 0.302. The second-order valence-corrected chi connectivity index (χ2v) is 8.03. The summed E-state index contributed by atoms with van der Waals surface area (Å²) >= 11 is 1.80. The Kier molecular flexibility index (Phi) is 5.21.